The molecule has 0 bridgehead atoms. The van der Waals surface area contributed by atoms with Crippen LogP contribution < -0.4 is 0 Å². The molecular weight excluding hydrogens is 492 g/mol. The Kier molecular flexibility index (Phi) is 9.45. The van der Waals surface area contributed by atoms with E-state index in [1.807, 2.05) is 36.4 Å². The Morgan fingerprint density at radius 3 is 2.38 bits per heavy atom. The number of hydrogen-bond acceptors (Lipinski definition) is 7. The van der Waals surface area contributed by atoms with Gasteiger partial charge in [-0.2, -0.15) is 0 Å². The maximum absolute atomic E-state index is 13.5. The van der Waals surface area contributed by atoms with Crippen LogP contribution in [0.25, 0.3) is 0 Å². The normalized spacial score (nSPS) is 14.5. The number of morpholine rings is 1. The molecule has 0 aliphatic carbocycles. The van der Waals surface area contributed by atoms with Crippen molar-refractivity contribution in [3.05, 3.63) is 83.7 Å². The molecule has 198 valence electrons. The maximum atomic E-state index is 13.5. The fourth-order valence-electron chi connectivity index (χ4n) is 4.34. The molecule has 37 heavy (non-hydrogen) atoms. The molecule has 0 unspecified atom stereocenters. The number of aromatic nitrogens is 2. The van der Waals surface area contributed by atoms with Crippen LogP contribution in [0.2, 0.25) is 0 Å². The zero-order valence-corrected chi connectivity index (χ0v) is 22.0. The minimum absolute atomic E-state index is 0.0105. The summed E-state index contributed by atoms with van der Waals surface area (Å²) in [5, 5.41) is -0.0105. The van der Waals surface area contributed by atoms with Crippen molar-refractivity contribution >= 4 is 15.7 Å². The van der Waals surface area contributed by atoms with Gasteiger partial charge in [-0.25, -0.2) is 13.4 Å². The lowest BCUT2D eigenvalue weighted by Crippen LogP contribution is -2.43. The second-order valence-electron chi connectivity index (χ2n) is 8.97. The van der Waals surface area contributed by atoms with Crippen LogP contribution in [0.4, 0.5) is 0 Å². The number of methoxy groups -OCH3 is 1. The highest BCUT2D eigenvalue weighted by atomic mass is 32.2. The van der Waals surface area contributed by atoms with Gasteiger partial charge in [-0.05, 0) is 17.7 Å². The highest BCUT2D eigenvalue weighted by molar-refractivity contribution is 7.90. The number of carbonyl (C=O) groups excluding carboxylic acids is 1. The van der Waals surface area contributed by atoms with E-state index < -0.39 is 9.84 Å². The summed E-state index contributed by atoms with van der Waals surface area (Å²) in [6.45, 7) is 5.06. The lowest BCUT2D eigenvalue weighted by atomic mass is 10.2. The van der Waals surface area contributed by atoms with Crippen molar-refractivity contribution in [2.24, 2.45) is 0 Å². The number of hydrogen-bond donors (Lipinski definition) is 0. The zero-order chi connectivity index (χ0) is 26.1. The van der Waals surface area contributed by atoms with Crippen LogP contribution in [0, 0.1) is 0 Å². The van der Waals surface area contributed by atoms with E-state index in [9.17, 15) is 13.2 Å². The highest BCUT2D eigenvalue weighted by Gasteiger charge is 2.26. The van der Waals surface area contributed by atoms with Crippen LogP contribution in [-0.2, 0) is 38.2 Å². The van der Waals surface area contributed by atoms with E-state index >= 15 is 0 Å². The lowest BCUT2D eigenvalue weighted by Gasteiger charge is -2.30. The summed E-state index contributed by atoms with van der Waals surface area (Å²) >= 11 is 0. The van der Waals surface area contributed by atoms with Crippen molar-refractivity contribution in [2.45, 2.75) is 24.0 Å². The minimum atomic E-state index is -3.72. The number of sulfone groups is 1. The van der Waals surface area contributed by atoms with Crippen LogP contribution in [0.1, 0.15) is 21.6 Å². The van der Waals surface area contributed by atoms with Crippen molar-refractivity contribution < 1.29 is 22.7 Å². The first-order valence-electron chi connectivity index (χ1n) is 12.4. The van der Waals surface area contributed by atoms with E-state index in [1.54, 1.807) is 47.0 Å². The summed E-state index contributed by atoms with van der Waals surface area (Å²) in [6.07, 6.45) is 1.56. The van der Waals surface area contributed by atoms with E-state index in [0.717, 1.165) is 13.1 Å². The van der Waals surface area contributed by atoms with Crippen LogP contribution in [0.5, 0.6) is 0 Å². The third kappa shape index (κ3) is 7.26. The molecule has 2 heterocycles. The number of carbonyl (C=O) groups is 1. The van der Waals surface area contributed by atoms with Gasteiger partial charge in [0.1, 0.15) is 0 Å². The number of nitrogens with zero attached hydrogens (tertiary/aromatic N) is 4. The molecular formula is C27H34N4O5S. The predicted octanol–water partition coefficient (Wildman–Crippen LogP) is 2.48. The third-order valence-electron chi connectivity index (χ3n) is 6.35. The topological polar surface area (TPSA) is 94.0 Å². The average molecular weight is 527 g/mol. The lowest BCUT2D eigenvalue weighted by molar-refractivity contribution is 0.0319. The summed E-state index contributed by atoms with van der Waals surface area (Å²) in [4.78, 5) is 21.9. The minimum Gasteiger partial charge on any atom is -0.383 e. The molecule has 3 aromatic rings. The number of rotatable bonds is 12. The molecule has 10 heteroatoms. The molecule has 9 nitrogen and oxygen atoms in total. The van der Waals surface area contributed by atoms with Gasteiger partial charge in [-0.1, -0.05) is 48.5 Å². The molecule has 0 saturated carbocycles. The molecule has 0 atom stereocenters. The molecule has 1 aliphatic rings. The Labute approximate surface area is 218 Å². The Morgan fingerprint density at radius 1 is 1.03 bits per heavy atom. The van der Waals surface area contributed by atoms with Gasteiger partial charge in [0.15, 0.2) is 0 Å². The first-order valence-corrected chi connectivity index (χ1v) is 14.1. The summed E-state index contributed by atoms with van der Waals surface area (Å²) < 4.78 is 39.1. The number of imidazole rings is 1. The van der Waals surface area contributed by atoms with Crippen LogP contribution in [0.15, 0.2) is 72.0 Å². The molecule has 1 amide bonds. The second kappa shape index (κ2) is 13.0. The summed E-state index contributed by atoms with van der Waals surface area (Å²) in [5.41, 5.74) is 1.93. The number of benzene rings is 2. The van der Waals surface area contributed by atoms with Gasteiger partial charge in [-0.15, -0.1) is 0 Å². The molecule has 1 aliphatic heterocycles. The Morgan fingerprint density at radius 2 is 1.70 bits per heavy atom. The van der Waals surface area contributed by atoms with Crippen molar-refractivity contribution in [3.8, 4) is 0 Å². The fourth-order valence-corrected chi connectivity index (χ4v) is 5.86. The molecule has 0 spiro atoms. The monoisotopic (exact) mass is 526 g/mol. The van der Waals surface area contributed by atoms with Crippen molar-refractivity contribution in [2.75, 3.05) is 53.1 Å². The quantitative estimate of drug-likeness (QED) is 0.358. The largest absolute Gasteiger partial charge is 0.383 e. The van der Waals surface area contributed by atoms with E-state index in [2.05, 4.69) is 9.88 Å². The summed E-state index contributed by atoms with van der Waals surface area (Å²) in [7, 11) is -2.15. The highest BCUT2D eigenvalue weighted by Crippen LogP contribution is 2.20. The molecule has 2 aromatic carbocycles. The SMILES string of the molecule is COCCn1c(CN(CCN2CCOCC2)C(=O)c2ccccc2)cnc1S(=O)(=O)Cc1ccccc1. The summed E-state index contributed by atoms with van der Waals surface area (Å²) in [6, 6.07) is 18.2. The van der Waals surface area contributed by atoms with E-state index in [1.165, 1.54) is 0 Å². The van der Waals surface area contributed by atoms with Crippen LogP contribution in [-0.4, -0.2) is 86.8 Å². The number of amides is 1. The van der Waals surface area contributed by atoms with Gasteiger partial charge in [0.05, 0.1) is 44.0 Å². The Bertz CT molecular complexity index is 1240. The maximum Gasteiger partial charge on any atom is 0.254 e. The van der Waals surface area contributed by atoms with Gasteiger partial charge in [0.25, 0.3) is 5.91 Å². The third-order valence-corrected chi connectivity index (χ3v) is 7.94. The molecule has 1 saturated heterocycles. The first kappa shape index (κ1) is 27.0. The molecule has 1 fully saturated rings. The first-order chi connectivity index (χ1) is 18.0. The van der Waals surface area contributed by atoms with Gasteiger partial charge in [-0.3, -0.25) is 9.69 Å². The van der Waals surface area contributed by atoms with Gasteiger partial charge in [0, 0.05) is 45.4 Å². The van der Waals surface area contributed by atoms with Gasteiger partial charge < -0.3 is 18.9 Å². The molecule has 4 rings (SSSR count). The second-order valence-corrected chi connectivity index (χ2v) is 10.9. The van der Waals surface area contributed by atoms with Crippen LogP contribution >= 0.6 is 0 Å². The van der Waals surface area contributed by atoms with Gasteiger partial charge in [0.2, 0.25) is 15.0 Å². The van der Waals surface area contributed by atoms with E-state index in [0.29, 0.717) is 56.3 Å². The van der Waals surface area contributed by atoms with Crippen molar-refractivity contribution in [1.29, 1.82) is 0 Å². The fraction of sp³-hybridized carbons (Fsp3) is 0.407. The van der Waals surface area contributed by atoms with E-state index in [-0.39, 0.29) is 23.4 Å². The summed E-state index contributed by atoms with van der Waals surface area (Å²) in [5.74, 6) is -0.261. The van der Waals surface area contributed by atoms with Gasteiger partial charge >= 0.3 is 0 Å². The predicted molar refractivity (Wildman–Crippen MR) is 140 cm³/mol. The van der Waals surface area contributed by atoms with Crippen molar-refractivity contribution in [1.82, 2.24) is 19.4 Å². The standard InChI is InChI=1S/C27H34N4O5S/c1-35-17-16-31-25(20-28-27(31)37(33,34)22-23-8-4-2-5-9-23)21-30(13-12-29-14-18-36-19-15-29)26(32)24-10-6-3-7-11-24/h2-11,20H,12-19,21-22H2,1H3. The average Bonchev–Trinajstić information content (AvgIpc) is 3.34. The Hall–Kier alpha value is -3.05. The van der Waals surface area contributed by atoms with E-state index in [4.69, 9.17) is 9.47 Å². The molecule has 1 aromatic heterocycles. The number of ether oxygens (including phenoxy) is 2. The Balaban J connectivity index is 1.60. The van der Waals surface area contributed by atoms with Crippen LogP contribution in [0.3, 0.4) is 0 Å². The molecule has 0 radical (unpaired) electrons. The zero-order valence-electron chi connectivity index (χ0n) is 21.2. The molecule has 0 N–H and O–H groups in total. The smallest absolute Gasteiger partial charge is 0.254 e. The van der Waals surface area contributed by atoms with Crippen molar-refractivity contribution in [3.63, 3.8) is 0 Å².